The van der Waals surface area contributed by atoms with E-state index >= 15 is 0 Å². The lowest BCUT2D eigenvalue weighted by atomic mass is 10.0. The Balaban J connectivity index is 2.82. The van der Waals surface area contributed by atoms with Gasteiger partial charge in [-0.2, -0.15) is 0 Å². The SMILES string of the molecule is COC(=O)[C@@H]1CCC(=O)CN1C(=O)OC(C)(C)C. The molecule has 0 bridgehead atoms. The molecule has 1 saturated heterocycles. The Morgan fingerprint density at radius 1 is 1.33 bits per heavy atom. The molecule has 0 aromatic rings. The number of amides is 1. The summed E-state index contributed by atoms with van der Waals surface area (Å²) in [6, 6.07) is -0.734. The highest BCUT2D eigenvalue weighted by atomic mass is 16.6. The van der Waals surface area contributed by atoms with Gasteiger partial charge in [0.2, 0.25) is 0 Å². The Labute approximate surface area is 106 Å². The van der Waals surface area contributed by atoms with Crippen LogP contribution in [-0.4, -0.2) is 48.0 Å². The molecule has 102 valence electrons. The van der Waals surface area contributed by atoms with E-state index in [1.807, 2.05) is 0 Å². The average Bonchev–Trinajstić information content (AvgIpc) is 2.25. The maximum absolute atomic E-state index is 11.9. The van der Waals surface area contributed by atoms with Gasteiger partial charge in [-0.3, -0.25) is 9.69 Å². The highest BCUT2D eigenvalue weighted by Crippen LogP contribution is 2.19. The molecule has 1 aliphatic heterocycles. The number of hydrogen-bond acceptors (Lipinski definition) is 5. The van der Waals surface area contributed by atoms with E-state index in [9.17, 15) is 14.4 Å². The highest BCUT2D eigenvalue weighted by molar-refractivity contribution is 5.90. The topological polar surface area (TPSA) is 72.9 Å². The van der Waals surface area contributed by atoms with Crippen LogP contribution in [0.1, 0.15) is 33.6 Å². The lowest BCUT2D eigenvalue weighted by Crippen LogP contribution is -2.52. The average molecular weight is 257 g/mol. The number of methoxy groups -OCH3 is 1. The maximum atomic E-state index is 11.9. The van der Waals surface area contributed by atoms with Crippen molar-refractivity contribution in [3.05, 3.63) is 0 Å². The molecule has 1 aliphatic rings. The van der Waals surface area contributed by atoms with E-state index < -0.39 is 23.7 Å². The molecule has 6 heteroatoms. The number of carbonyl (C=O) groups excluding carboxylic acids is 3. The number of hydrogen-bond donors (Lipinski definition) is 0. The zero-order chi connectivity index (χ0) is 13.9. The quantitative estimate of drug-likeness (QED) is 0.658. The van der Waals surface area contributed by atoms with Crippen LogP contribution in [0.5, 0.6) is 0 Å². The number of piperidine rings is 1. The summed E-state index contributed by atoms with van der Waals surface area (Å²) < 4.78 is 9.81. The minimum atomic E-state index is -0.734. The predicted octanol–water partition coefficient (Wildman–Crippen LogP) is 1.13. The zero-order valence-corrected chi connectivity index (χ0v) is 11.2. The maximum Gasteiger partial charge on any atom is 0.411 e. The van der Waals surface area contributed by atoms with Crippen LogP contribution >= 0.6 is 0 Å². The van der Waals surface area contributed by atoms with Gasteiger partial charge >= 0.3 is 12.1 Å². The van der Waals surface area contributed by atoms with E-state index in [0.717, 1.165) is 4.90 Å². The van der Waals surface area contributed by atoms with Crippen LogP contribution in [0.2, 0.25) is 0 Å². The minimum Gasteiger partial charge on any atom is -0.467 e. The normalized spacial score (nSPS) is 20.6. The van der Waals surface area contributed by atoms with Gasteiger partial charge in [0.25, 0.3) is 0 Å². The van der Waals surface area contributed by atoms with E-state index in [-0.39, 0.29) is 25.2 Å². The van der Waals surface area contributed by atoms with E-state index in [0.29, 0.717) is 0 Å². The van der Waals surface area contributed by atoms with Crippen LogP contribution < -0.4 is 0 Å². The third-order valence-corrected chi connectivity index (χ3v) is 2.52. The summed E-state index contributed by atoms with van der Waals surface area (Å²) in [4.78, 5) is 36.0. The monoisotopic (exact) mass is 257 g/mol. The molecule has 0 spiro atoms. The second kappa shape index (κ2) is 5.37. The van der Waals surface area contributed by atoms with Crippen LogP contribution in [-0.2, 0) is 19.1 Å². The van der Waals surface area contributed by atoms with Crippen LogP contribution in [0.25, 0.3) is 0 Å². The fourth-order valence-corrected chi connectivity index (χ4v) is 1.73. The van der Waals surface area contributed by atoms with Gasteiger partial charge in [0.15, 0.2) is 5.78 Å². The van der Waals surface area contributed by atoms with E-state index in [1.54, 1.807) is 20.8 Å². The molecular weight excluding hydrogens is 238 g/mol. The zero-order valence-electron chi connectivity index (χ0n) is 11.2. The molecule has 18 heavy (non-hydrogen) atoms. The molecule has 1 rings (SSSR count). The minimum absolute atomic E-state index is 0.0824. The van der Waals surface area contributed by atoms with Crippen molar-refractivity contribution in [1.29, 1.82) is 0 Å². The van der Waals surface area contributed by atoms with Crippen LogP contribution in [0.3, 0.4) is 0 Å². The van der Waals surface area contributed by atoms with Crippen molar-refractivity contribution < 1.29 is 23.9 Å². The van der Waals surface area contributed by atoms with Gasteiger partial charge in [-0.15, -0.1) is 0 Å². The van der Waals surface area contributed by atoms with Crippen molar-refractivity contribution in [2.45, 2.75) is 45.3 Å². The molecule has 0 saturated carbocycles. The molecule has 0 N–H and O–H groups in total. The van der Waals surface area contributed by atoms with E-state index in [4.69, 9.17) is 4.74 Å². The number of likely N-dealkylation sites (tertiary alicyclic amines) is 1. The summed E-state index contributed by atoms with van der Waals surface area (Å²) in [6.07, 6.45) is -0.102. The van der Waals surface area contributed by atoms with Gasteiger partial charge in [0.05, 0.1) is 13.7 Å². The van der Waals surface area contributed by atoms with Gasteiger partial charge in [-0.25, -0.2) is 9.59 Å². The van der Waals surface area contributed by atoms with E-state index in [1.165, 1.54) is 7.11 Å². The Hall–Kier alpha value is -1.59. The molecule has 0 unspecified atom stereocenters. The van der Waals surface area contributed by atoms with Gasteiger partial charge in [0.1, 0.15) is 11.6 Å². The summed E-state index contributed by atoms with van der Waals surface area (Å²) in [7, 11) is 1.26. The number of ketones is 1. The van der Waals surface area contributed by atoms with E-state index in [2.05, 4.69) is 4.74 Å². The van der Waals surface area contributed by atoms with Crippen molar-refractivity contribution in [3.8, 4) is 0 Å². The largest absolute Gasteiger partial charge is 0.467 e. The van der Waals surface area contributed by atoms with Gasteiger partial charge in [-0.1, -0.05) is 0 Å². The summed E-state index contributed by atoms with van der Waals surface area (Å²) in [5.74, 6) is -0.602. The smallest absolute Gasteiger partial charge is 0.411 e. The Kier molecular flexibility index (Phi) is 4.32. The highest BCUT2D eigenvalue weighted by Gasteiger charge is 2.38. The molecule has 6 nitrogen and oxygen atoms in total. The summed E-state index contributed by atoms with van der Waals surface area (Å²) >= 11 is 0. The predicted molar refractivity (Wildman–Crippen MR) is 63.0 cm³/mol. The summed E-state index contributed by atoms with van der Waals surface area (Å²) in [6.45, 7) is 5.08. The fourth-order valence-electron chi connectivity index (χ4n) is 1.73. The molecule has 0 aliphatic carbocycles. The van der Waals surface area contributed by atoms with Crippen molar-refractivity contribution in [2.75, 3.05) is 13.7 Å². The molecular formula is C12H19NO5. The molecule has 0 aromatic carbocycles. The van der Waals surface area contributed by atoms with Crippen LogP contribution in [0, 0.1) is 0 Å². The molecule has 1 heterocycles. The van der Waals surface area contributed by atoms with Gasteiger partial charge in [-0.05, 0) is 27.2 Å². The summed E-state index contributed by atoms with van der Waals surface area (Å²) in [5.41, 5.74) is -0.668. The third kappa shape index (κ3) is 3.72. The molecule has 1 amide bonds. The Morgan fingerprint density at radius 3 is 2.44 bits per heavy atom. The standard InChI is InChI=1S/C12H19NO5/c1-12(2,3)18-11(16)13-7-8(14)5-6-9(13)10(15)17-4/h9H,5-7H2,1-4H3/t9-/m0/s1. The second-order valence-electron chi connectivity index (χ2n) is 5.22. The Bertz CT molecular complexity index is 358. The van der Waals surface area contributed by atoms with Gasteiger partial charge < -0.3 is 9.47 Å². The first-order chi connectivity index (χ1) is 8.24. The second-order valence-corrected chi connectivity index (χ2v) is 5.22. The number of nitrogens with zero attached hydrogens (tertiary/aromatic N) is 1. The number of Topliss-reactive ketones (excluding diaryl/α,β-unsaturated/α-hetero) is 1. The number of esters is 1. The first-order valence-electron chi connectivity index (χ1n) is 5.84. The first kappa shape index (κ1) is 14.5. The molecule has 1 fully saturated rings. The number of ether oxygens (including phenoxy) is 2. The number of rotatable bonds is 1. The van der Waals surface area contributed by atoms with Crippen molar-refractivity contribution in [3.63, 3.8) is 0 Å². The lowest BCUT2D eigenvalue weighted by Gasteiger charge is -2.34. The molecule has 0 radical (unpaired) electrons. The van der Waals surface area contributed by atoms with Gasteiger partial charge in [0, 0.05) is 6.42 Å². The molecule has 0 aromatic heterocycles. The lowest BCUT2D eigenvalue weighted by molar-refractivity contribution is -0.149. The number of carbonyl (C=O) groups is 3. The summed E-state index contributed by atoms with van der Waals surface area (Å²) in [5, 5.41) is 0. The third-order valence-electron chi connectivity index (χ3n) is 2.52. The molecule has 1 atom stereocenters. The fraction of sp³-hybridized carbons (Fsp3) is 0.750. The van der Waals surface area contributed by atoms with Crippen LogP contribution in [0.15, 0.2) is 0 Å². The van der Waals surface area contributed by atoms with Crippen molar-refractivity contribution >= 4 is 17.8 Å². The first-order valence-corrected chi connectivity index (χ1v) is 5.84. The Morgan fingerprint density at radius 2 is 1.94 bits per heavy atom. The van der Waals surface area contributed by atoms with Crippen molar-refractivity contribution in [1.82, 2.24) is 4.90 Å². The van der Waals surface area contributed by atoms with Crippen molar-refractivity contribution in [2.24, 2.45) is 0 Å². The van der Waals surface area contributed by atoms with Crippen LogP contribution in [0.4, 0.5) is 4.79 Å².